The lowest BCUT2D eigenvalue weighted by molar-refractivity contribution is 0.0766. The highest BCUT2D eigenvalue weighted by Gasteiger charge is 2.22. The number of amides is 1. The standard InChI is InChI=1S/C14H17N5OS/c1-11-12(10-21-17-11)14(20)19-7-3-6-18(8-9-19)13-4-2-5-15-16-13/h2,4-5,10H,3,6-9H2,1H3. The second-order valence-corrected chi connectivity index (χ2v) is 5.66. The maximum absolute atomic E-state index is 12.5. The van der Waals surface area contributed by atoms with Crippen molar-refractivity contribution in [1.29, 1.82) is 0 Å². The van der Waals surface area contributed by atoms with Crippen LogP contribution in [0, 0.1) is 6.92 Å². The Balaban J connectivity index is 1.69. The molecule has 0 spiro atoms. The molecule has 0 unspecified atom stereocenters. The highest BCUT2D eigenvalue weighted by Crippen LogP contribution is 2.16. The van der Waals surface area contributed by atoms with Gasteiger partial charge in [-0.3, -0.25) is 4.79 Å². The molecule has 1 amide bonds. The number of nitrogens with zero attached hydrogens (tertiary/aromatic N) is 5. The van der Waals surface area contributed by atoms with Crippen molar-refractivity contribution in [2.45, 2.75) is 13.3 Å². The fourth-order valence-electron chi connectivity index (χ4n) is 2.48. The fourth-order valence-corrected chi connectivity index (χ4v) is 3.17. The number of hydrogen-bond acceptors (Lipinski definition) is 6. The number of rotatable bonds is 2. The van der Waals surface area contributed by atoms with Crippen molar-refractivity contribution in [3.05, 3.63) is 35.0 Å². The summed E-state index contributed by atoms with van der Waals surface area (Å²) in [6.07, 6.45) is 2.60. The van der Waals surface area contributed by atoms with Gasteiger partial charge in [0, 0.05) is 37.8 Å². The number of aryl methyl sites for hydroxylation is 1. The Morgan fingerprint density at radius 3 is 2.90 bits per heavy atom. The zero-order valence-corrected chi connectivity index (χ0v) is 12.7. The zero-order valence-electron chi connectivity index (χ0n) is 11.9. The van der Waals surface area contributed by atoms with Gasteiger partial charge in [0.25, 0.3) is 5.91 Å². The van der Waals surface area contributed by atoms with Gasteiger partial charge in [-0.15, -0.1) is 5.10 Å². The average Bonchev–Trinajstić information content (AvgIpc) is 2.80. The van der Waals surface area contributed by atoms with Crippen LogP contribution in [0.1, 0.15) is 22.5 Å². The van der Waals surface area contributed by atoms with E-state index in [9.17, 15) is 4.79 Å². The Bertz CT molecular complexity index is 615. The molecule has 0 bridgehead atoms. The SMILES string of the molecule is Cc1nscc1C(=O)N1CCCN(c2cccnn2)CC1. The van der Waals surface area contributed by atoms with Gasteiger partial charge in [-0.1, -0.05) is 0 Å². The van der Waals surface area contributed by atoms with Crippen molar-refractivity contribution in [3.63, 3.8) is 0 Å². The molecule has 6 nitrogen and oxygen atoms in total. The summed E-state index contributed by atoms with van der Waals surface area (Å²) in [5.74, 6) is 0.961. The van der Waals surface area contributed by atoms with Crippen LogP contribution in [0.4, 0.5) is 5.82 Å². The molecular formula is C14H17N5OS. The summed E-state index contributed by atoms with van der Waals surface area (Å²) in [6, 6.07) is 3.84. The van der Waals surface area contributed by atoms with Gasteiger partial charge in [-0.05, 0) is 37.0 Å². The summed E-state index contributed by atoms with van der Waals surface area (Å²) in [5.41, 5.74) is 1.55. The van der Waals surface area contributed by atoms with E-state index in [1.54, 1.807) is 6.20 Å². The number of hydrogen-bond donors (Lipinski definition) is 0. The first kappa shape index (κ1) is 13.9. The van der Waals surface area contributed by atoms with E-state index in [2.05, 4.69) is 19.5 Å². The van der Waals surface area contributed by atoms with Crippen molar-refractivity contribution in [2.24, 2.45) is 0 Å². The first-order chi connectivity index (χ1) is 10.3. The molecule has 0 N–H and O–H groups in total. The second kappa shape index (κ2) is 6.17. The molecule has 0 aliphatic carbocycles. The van der Waals surface area contributed by atoms with Crippen molar-refractivity contribution < 1.29 is 4.79 Å². The second-order valence-electron chi connectivity index (χ2n) is 5.03. The van der Waals surface area contributed by atoms with Crippen LogP contribution in [0.15, 0.2) is 23.7 Å². The van der Waals surface area contributed by atoms with E-state index in [4.69, 9.17) is 0 Å². The third-order valence-electron chi connectivity index (χ3n) is 3.65. The lowest BCUT2D eigenvalue weighted by Gasteiger charge is -2.22. The van der Waals surface area contributed by atoms with Crippen LogP contribution in [0.3, 0.4) is 0 Å². The summed E-state index contributed by atoms with van der Waals surface area (Å²) in [5, 5.41) is 9.90. The van der Waals surface area contributed by atoms with Crippen molar-refractivity contribution in [2.75, 3.05) is 31.1 Å². The third-order valence-corrected chi connectivity index (χ3v) is 4.37. The molecule has 110 valence electrons. The van der Waals surface area contributed by atoms with Crippen LogP contribution < -0.4 is 4.90 Å². The first-order valence-electron chi connectivity index (χ1n) is 6.98. The van der Waals surface area contributed by atoms with Gasteiger partial charge in [0.2, 0.25) is 0 Å². The molecule has 7 heteroatoms. The van der Waals surface area contributed by atoms with E-state index in [1.165, 1.54) is 11.5 Å². The first-order valence-corrected chi connectivity index (χ1v) is 7.82. The highest BCUT2D eigenvalue weighted by molar-refractivity contribution is 7.03. The molecule has 2 aromatic heterocycles. The monoisotopic (exact) mass is 303 g/mol. The highest BCUT2D eigenvalue weighted by atomic mass is 32.1. The summed E-state index contributed by atoms with van der Waals surface area (Å²) < 4.78 is 4.18. The lowest BCUT2D eigenvalue weighted by atomic mass is 10.2. The molecule has 21 heavy (non-hydrogen) atoms. The minimum absolute atomic E-state index is 0.0854. The van der Waals surface area contributed by atoms with Gasteiger partial charge in [-0.2, -0.15) is 9.47 Å². The molecule has 0 radical (unpaired) electrons. The zero-order chi connectivity index (χ0) is 14.7. The molecule has 1 fully saturated rings. The Morgan fingerprint density at radius 1 is 1.29 bits per heavy atom. The van der Waals surface area contributed by atoms with E-state index in [-0.39, 0.29) is 5.91 Å². The lowest BCUT2D eigenvalue weighted by Crippen LogP contribution is -2.35. The van der Waals surface area contributed by atoms with Crippen LogP contribution in [-0.2, 0) is 0 Å². The van der Waals surface area contributed by atoms with Gasteiger partial charge in [-0.25, -0.2) is 0 Å². The Hall–Kier alpha value is -2.02. The molecular weight excluding hydrogens is 286 g/mol. The summed E-state index contributed by atoms with van der Waals surface area (Å²) in [4.78, 5) is 16.6. The largest absolute Gasteiger partial charge is 0.353 e. The van der Waals surface area contributed by atoms with Crippen molar-refractivity contribution in [1.82, 2.24) is 19.5 Å². The van der Waals surface area contributed by atoms with Crippen LogP contribution in [0.5, 0.6) is 0 Å². The predicted molar refractivity (Wildman–Crippen MR) is 81.6 cm³/mol. The third kappa shape index (κ3) is 3.02. The summed E-state index contributed by atoms with van der Waals surface area (Å²) in [7, 11) is 0. The normalized spacial score (nSPS) is 15.9. The van der Waals surface area contributed by atoms with Crippen LogP contribution in [0.25, 0.3) is 0 Å². The molecule has 0 aromatic carbocycles. The van der Waals surface area contributed by atoms with Crippen LogP contribution >= 0.6 is 11.5 Å². The van der Waals surface area contributed by atoms with Crippen molar-refractivity contribution in [3.8, 4) is 0 Å². The minimum Gasteiger partial charge on any atom is -0.353 e. The number of carbonyl (C=O) groups is 1. The van der Waals surface area contributed by atoms with Gasteiger partial charge < -0.3 is 9.80 Å². The number of aromatic nitrogens is 3. The molecule has 1 aliphatic heterocycles. The fraction of sp³-hybridized carbons (Fsp3) is 0.429. The summed E-state index contributed by atoms with van der Waals surface area (Å²) >= 11 is 1.33. The summed E-state index contributed by atoms with van der Waals surface area (Å²) in [6.45, 7) is 5.02. The van der Waals surface area contributed by atoms with Gasteiger partial charge in [0.1, 0.15) is 0 Å². The Kier molecular flexibility index (Phi) is 4.10. The van der Waals surface area contributed by atoms with Gasteiger partial charge >= 0.3 is 0 Å². The maximum atomic E-state index is 12.5. The van der Waals surface area contributed by atoms with E-state index < -0.39 is 0 Å². The molecule has 0 atom stereocenters. The number of anilines is 1. The van der Waals surface area contributed by atoms with E-state index in [0.717, 1.165) is 43.1 Å². The van der Waals surface area contributed by atoms with Gasteiger partial charge in [0.05, 0.1) is 11.3 Å². The molecule has 3 heterocycles. The minimum atomic E-state index is 0.0854. The Labute approximate surface area is 127 Å². The van der Waals surface area contributed by atoms with Crippen LogP contribution in [0.2, 0.25) is 0 Å². The number of carbonyl (C=O) groups excluding carboxylic acids is 1. The van der Waals surface area contributed by atoms with E-state index >= 15 is 0 Å². The average molecular weight is 303 g/mol. The Morgan fingerprint density at radius 2 is 2.19 bits per heavy atom. The smallest absolute Gasteiger partial charge is 0.256 e. The predicted octanol–water partition coefficient (Wildman–Crippen LogP) is 1.59. The molecule has 1 saturated heterocycles. The maximum Gasteiger partial charge on any atom is 0.256 e. The van der Waals surface area contributed by atoms with E-state index in [1.807, 2.05) is 29.3 Å². The molecule has 3 rings (SSSR count). The van der Waals surface area contributed by atoms with Crippen molar-refractivity contribution >= 4 is 23.3 Å². The molecule has 1 aliphatic rings. The molecule has 2 aromatic rings. The van der Waals surface area contributed by atoms with E-state index in [0.29, 0.717) is 6.54 Å². The quantitative estimate of drug-likeness (QED) is 0.843. The van der Waals surface area contributed by atoms with Gasteiger partial charge in [0.15, 0.2) is 5.82 Å². The molecule has 0 saturated carbocycles. The van der Waals surface area contributed by atoms with Crippen LogP contribution in [-0.4, -0.2) is 51.6 Å². The topological polar surface area (TPSA) is 62.2 Å².